The van der Waals surface area contributed by atoms with Crippen molar-refractivity contribution in [1.82, 2.24) is 15.0 Å². The van der Waals surface area contributed by atoms with Crippen molar-refractivity contribution in [2.45, 2.75) is 51.9 Å². The molecule has 1 aromatic rings. The lowest BCUT2D eigenvalue weighted by Gasteiger charge is -2.33. The summed E-state index contributed by atoms with van der Waals surface area (Å²) in [5.41, 5.74) is 0. The van der Waals surface area contributed by atoms with Crippen LogP contribution in [0.3, 0.4) is 0 Å². The van der Waals surface area contributed by atoms with Crippen molar-refractivity contribution >= 4 is 6.01 Å². The molecule has 1 saturated heterocycles. The Morgan fingerprint density at radius 3 is 2.61 bits per heavy atom. The zero-order chi connectivity index (χ0) is 15.8. The summed E-state index contributed by atoms with van der Waals surface area (Å²) < 4.78 is 5.60. The molecule has 0 N–H and O–H groups in total. The first-order valence-electron chi connectivity index (χ1n) is 9.50. The number of nitrogens with zero attached hydrogens (tertiary/aromatic N) is 4. The lowest BCUT2D eigenvalue weighted by Crippen LogP contribution is -2.47. The van der Waals surface area contributed by atoms with Gasteiger partial charge in [0.15, 0.2) is 5.82 Å². The average molecular weight is 318 g/mol. The molecule has 3 atom stereocenters. The molecule has 128 valence electrons. The van der Waals surface area contributed by atoms with Gasteiger partial charge in [0, 0.05) is 32.1 Å². The van der Waals surface area contributed by atoms with E-state index in [1.165, 1.54) is 38.6 Å². The minimum atomic E-state index is 0.568. The Balaban J connectivity index is 1.32. The third kappa shape index (κ3) is 3.25. The number of anilines is 1. The van der Waals surface area contributed by atoms with E-state index in [-0.39, 0.29) is 0 Å². The van der Waals surface area contributed by atoms with Crippen LogP contribution in [0.5, 0.6) is 0 Å². The van der Waals surface area contributed by atoms with Crippen LogP contribution < -0.4 is 4.90 Å². The Morgan fingerprint density at radius 2 is 1.96 bits per heavy atom. The van der Waals surface area contributed by atoms with Crippen molar-refractivity contribution in [3.05, 3.63) is 5.82 Å². The highest BCUT2D eigenvalue weighted by molar-refractivity contribution is 5.27. The number of piperazine rings is 1. The lowest BCUT2D eigenvalue weighted by molar-refractivity contribution is 0.237. The molecule has 2 heterocycles. The van der Waals surface area contributed by atoms with Gasteiger partial charge in [-0.3, -0.25) is 4.90 Å². The summed E-state index contributed by atoms with van der Waals surface area (Å²) in [6, 6.07) is 0.756. The molecule has 3 aliphatic rings. The van der Waals surface area contributed by atoms with Gasteiger partial charge in [-0.05, 0) is 50.0 Å². The van der Waals surface area contributed by atoms with Gasteiger partial charge < -0.3 is 9.42 Å². The summed E-state index contributed by atoms with van der Waals surface area (Å²) in [7, 11) is 0. The second-order valence-corrected chi connectivity index (χ2v) is 8.23. The third-order valence-electron chi connectivity index (χ3n) is 6.17. The molecule has 0 aromatic carbocycles. The molecule has 1 unspecified atom stereocenters. The van der Waals surface area contributed by atoms with Crippen molar-refractivity contribution < 1.29 is 4.52 Å². The topological polar surface area (TPSA) is 45.4 Å². The van der Waals surface area contributed by atoms with Gasteiger partial charge in [-0.25, -0.2) is 0 Å². The van der Waals surface area contributed by atoms with E-state index in [4.69, 9.17) is 9.51 Å². The number of rotatable bonds is 5. The number of aromatic nitrogens is 2. The predicted molar refractivity (Wildman–Crippen MR) is 90.6 cm³/mol. The zero-order valence-corrected chi connectivity index (χ0v) is 14.6. The Bertz CT molecular complexity index is 521. The quantitative estimate of drug-likeness (QED) is 0.834. The van der Waals surface area contributed by atoms with E-state index < -0.39 is 0 Å². The van der Waals surface area contributed by atoms with Crippen LogP contribution in [0.4, 0.5) is 6.01 Å². The number of hydrogen-bond acceptors (Lipinski definition) is 5. The fourth-order valence-corrected chi connectivity index (χ4v) is 4.67. The van der Waals surface area contributed by atoms with Crippen LogP contribution in [0.15, 0.2) is 4.52 Å². The second-order valence-electron chi connectivity index (χ2n) is 8.23. The molecule has 2 saturated carbocycles. The molecule has 3 fully saturated rings. The molecule has 2 aliphatic carbocycles. The molecular weight excluding hydrogens is 288 g/mol. The molecule has 5 heteroatoms. The summed E-state index contributed by atoms with van der Waals surface area (Å²) in [4.78, 5) is 9.60. The van der Waals surface area contributed by atoms with Crippen LogP contribution >= 0.6 is 0 Å². The summed E-state index contributed by atoms with van der Waals surface area (Å²) in [6.45, 7) is 10.0. The maximum absolute atomic E-state index is 5.60. The van der Waals surface area contributed by atoms with E-state index in [0.717, 1.165) is 55.8 Å². The van der Waals surface area contributed by atoms with Gasteiger partial charge in [0.05, 0.1) is 0 Å². The number of fused-ring (bicyclic) bond motifs is 2. The molecule has 0 amide bonds. The normalized spacial score (nSPS) is 31.4. The van der Waals surface area contributed by atoms with Gasteiger partial charge in [0.1, 0.15) is 0 Å². The van der Waals surface area contributed by atoms with Gasteiger partial charge in [0.25, 0.3) is 0 Å². The van der Waals surface area contributed by atoms with E-state index in [1.807, 2.05) is 0 Å². The highest BCUT2D eigenvalue weighted by atomic mass is 16.5. The fourth-order valence-electron chi connectivity index (χ4n) is 4.67. The van der Waals surface area contributed by atoms with Gasteiger partial charge >= 0.3 is 6.01 Å². The van der Waals surface area contributed by atoms with E-state index in [9.17, 15) is 0 Å². The van der Waals surface area contributed by atoms with Crippen molar-refractivity contribution in [2.24, 2.45) is 17.8 Å². The second kappa shape index (κ2) is 6.42. The molecule has 4 rings (SSSR count). The SMILES string of the molecule is CC(C)CCN1CCN(c2nc(C3C[C@H]4CC[C@H]3C4)no2)CC1. The molecule has 1 aliphatic heterocycles. The van der Waals surface area contributed by atoms with E-state index in [2.05, 4.69) is 28.8 Å². The first-order valence-corrected chi connectivity index (χ1v) is 9.50. The summed E-state index contributed by atoms with van der Waals surface area (Å²) >= 11 is 0. The van der Waals surface area contributed by atoms with E-state index in [1.54, 1.807) is 0 Å². The molecule has 23 heavy (non-hydrogen) atoms. The van der Waals surface area contributed by atoms with Crippen molar-refractivity contribution in [3.8, 4) is 0 Å². The predicted octanol–water partition coefficient (Wildman–Crippen LogP) is 3.14. The molecule has 2 bridgehead atoms. The van der Waals surface area contributed by atoms with Crippen LogP contribution in [0.25, 0.3) is 0 Å². The average Bonchev–Trinajstić information content (AvgIpc) is 3.29. The first kappa shape index (κ1) is 15.4. The molecular formula is C18H30N4O. The highest BCUT2D eigenvalue weighted by Crippen LogP contribution is 2.52. The first-order chi connectivity index (χ1) is 11.2. The van der Waals surface area contributed by atoms with Crippen molar-refractivity contribution in [3.63, 3.8) is 0 Å². The standard InChI is InChI=1S/C18H30N4O/c1-13(2)5-6-21-7-9-22(10-8-21)18-19-17(20-23-18)16-12-14-3-4-15(16)11-14/h13-16H,3-12H2,1-2H3/t14-,15-,16?/m0/s1. The van der Waals surface area contributed by atoms with Crippen LogP contribution in [0.1, 0.15) is 57.7 Å². The summed E-state index contributed by atoms with van der Waals surface area (Å²) in [6.07, 6.45) is 6.75. The van der Waals surface area contributed by atoms with Crippen molar-refractivity contribution in [1.29, 1.82) is 0 Å². The number of hydrogen-bond donors (Lipinski definition) is 0. The van der Waals surface area contributed by atoms with E-state index in [0.29, 0.717) is 5.92 Å². The monoisotopic (exact) mass is 318 g/mol. The Kier molecular flexibility index (Phi) is 4.31. The van der Waals surface area contributed by atoms with Gasteiger partial charge in [-0.15, -0.1) is 0 Å². The van der Waals surface area contributed by atoms with Crippen LogP contribution in [-0.4, -0.2) is 47.8 Å². The summed E-state index contributed by atoms with van der Waals surface area (Å²) in [5, 5.41) is 4.33. The Morgan fingerprint density at radius 1 is 1.13 bits per heavy atom. The molecule has 5 nitrogen and oxygen atoms in total. The third-order valence-corrected chi connectivity index (χ3v) is 6.17. The minimum absolute atomic E-state index is 0.568. The molecule has 0 spiro atoms. The van der Waals surface area contributed by atoms with E-state index >= 15 is 0 Å². The largest absolute Gasteiger partial charge is 0.324 e. The smallest absolute Gasteiger partial charge is 0.322 e. The highest BCUT2D eigenvalue weighted by Gasteiger charge is 2.42. The maximum atomic E-state index is 5.60. The minimum Gasteiger partial charge on any atom is -0.322 e. The van der Waals surface area contributed by atoms with Crippen LogP contribution in [0.2, 0.25) is 0 Å². The van der Waals surface area contributed by atoms with Gasteiger partial charge in [0.2, 0.25) is 0 Å². The van der Waals surface area contributed by atoms with Crippen molar-refractivity contribution in [2.75, 3.05) is 37.6 Å². The fraction of sp³-hybridized carbons (Fsp3) is 0.889. The van der Waals surface area contributed by atoms with Gasteiger partial charge in [-0.2, -0.15) is 4.98 Å². The zero-order valence-electron chi connectivity index (χ0n) is 14.6. The Hall–Kier alpha value is -1.10. The lowest BCUT2D eigenvalue weighted by atomic mass is 9.88. The Labute approximate surface area is 139 Å². The molecule has 0 radical (unpaired) electrons. The van der Waals surface area contributed by atoms with Crippen LogP contribution in [0, 0.1) is 17.8 Å². The summed E-state index contributed by atoms with van der Waals surface area (Å²) in [5.74, 6) is 4.08. The van der Waals surface area contributed by atoms with Crippen LogP contribution in [-0.2, 0) is 0 Å². The van der Waals surface area contributed by atoms with Gasteiger partial charge in [-0.1, -0.05) is 25.4 Å². The maximum Gasteiger partial charge on any atom is 0.324 e. The molecule has 1 aromatic heterocycles.